The summed E-state index contributed by atoms with van der Waals surface area (Å²) in [5.41, 5.74) is 1.74. The monoisotopic (exact) mass is 275 g/mol. The highest BCUT2D eigenvalue weighted by atomic mass is 16.6. The number of amides is 1. The number of aryl methyl sites for hydroxylation is 1. The molecule has 0 N–H and O–H groups in total. The van der Waals surface area contributed by atoms with E-state index in [0.29, 0.717) is 18.7 Å². The van der Waals surface area contributed by atoms with Crippen molar-refractivity contribution >= 4 is 17.3 Å². The Kier molecular flexibility index (Phi) is 4.02. The molecule has 1 aromatic rings. The van der Waals surface area contributed by atoms with E-state index in [2.05, 4.69) is 11.5 Å². The minimum Gasteiger partial charge on any atom is -0.368 e. The zero-order valence-electron chi connectivity index (χ0n) is 11.4. The van der Waals surface area contributed by atoms with Crippen molar-refractivity contribution in [1.29, 1.82) is 0 Å². The maximum absolute atomic E-state index is 11.5. The molecule has 0 atom stereocenters. The zero-order valence-corrected chi connectivity index (χ0v) is 11.4. The number of carbonyl (C=O) groups excluding carboxylic acids is 1. The molecule has 6 nitrogen and oxygen atoms in total. The molecule has 1 aromatic carbocycles. The molecule has 0 aromatic heterocycles. The third-order valence-electron chi connectivity index (χ3n) is 3.51. The maximum Gasteiger partial charge on any atom is 0.272 e. The van der Waals surface area contributed by atoms with Crippen LogP contribution in [-0.2, 0) is 4.79 Å². The van der Waals surface area contributed by atoms with Gasteiger partial charge in [-0.2, -0.15) is 0 Å². The Labute approximate surface area is 117 Å². The minimum absolute atomic E-state index is 0.0514. The number of anilines is 1. The Morgan fingerprint density at radius 3 is 2.50 bits per heavy atom. The summed E-state index contributed by atoms with van der Waals surface area (Å²) < 4.78 is 0. The van der Waals surface area contributed by atoms with Gasteiger partial charge in [0.2, 0.25) is 5.91 Å². The Hall–Kier alpha value is -2.37. The van der Waals surface area contributed by atoms with Gasteiger partial charge in [0.1, 0.15) is 0 Å². The summed E-state index contributed by atoms with van der Waals surface area (Å²) in [7, 11) is 0. The molecule has 0 unspecified atom stereocenters. The number of piperazine rings is 1. The molecule has 1 saturated heterocycles. The topological polar surface area (TPSA) is 66.7 Å². The lowest BCUT2D eigenvalue weighted by molar-refractivity contribution is -0.385. The average molecular weight is 275 g/mol. The van der Waals surface area contributed by atoms with Crippen molar-refractivity contribution in [2.24, 2.45) is 0 Å². The van der Waals surface area contributed by atoms with Gasteiger partial charge >= 0.3 is 0 Å². The molecule has 1 heterocycles. The van der Waals surface area contributed by atoms with Gasteiger partial charge in [0.25, 0.3) is 5.69 Å². The number of hydrogen-bond acceptors (Lipinski definition) is 4. The van der Waals surface area contributed by atoms with Crippen molar-refractivity contribution in [3.05, 3.63) is 46.5 Å². The number of benzene rings is 1. The second kappa shape index (κ2) is 5.73. The highest BCUT2D eigenvalue weighted by Crippen LogP contribution is 2.25. The molecule has 0 saturated carbocycles. The van der Waals surface area contributed by atoms with E-state index in [1.807, 2.05) is 6.07 Å². The van der Waals surface area contributed by atoms with Crippen LogP contribution >= 0.6 is 0 Å². The van der Waals surface area contributed by atoms with E-state index in [0.717, 1.165) is 18.8 Å². The van der Waals surface area contributed by atoms with Gasteiger partial charge in [-0.1, -0.05) is 6.58 Å². The fraction of sp³-hybridized carbons (Fsp3) is 0.357. The van der Waals surface area contributed by atoms with Crippen LogP contribution in [-0.4, -0.2) is 41.9 Å². The Bertz CT molecular complexity index is 549. The predicted octanol–water partition coefficient (Wildman–Crippen LogP) is 1.74. The Morgan fingerprint density at radius 2 is 2.00 bits per heavy atom. The fourth-order valence-corrected chi connectivity index (χ4v) is 2.36. The summed E-state index contributed by atoms with van der Waals surface area (Å²) in [6.07, 6.45) is 1.33. The smallest absolute Gasteiger partial charge is 0.272 e. The highest BCUT2D eigenvalue weighted by molar-refractivity contribution is 5.87. The normalized spacial score (nSPS) is 15.1. The number of hydrogen-bond donors (Lipinski definition) is 0. The van der Waals surface area contributed by atoms with Crippen LogP contribution < -0.4 is 4.90 Å². The van der Waals surface area contributed by atoms with Gasteiger partial charge in [-0.3, -0.25) is 14.9 Å². The molecule has 0 radical (unpaired) electrons. The second-order valence-corrected chi connectivity index (χ2v) is 4.74. The van der Waals surface area contributed by atoms with E-state index in [9.17, 15) is 14.9 Å². The lowest BCUT2D eigenvalue weighted by Gasteiger charge is -2.35. The zero-order chi connectivity index (χ0) is 14.7. The molecule has 1 aliphatic rings. The van der Waals surface area contributed by atoms with Gasteiger partial charge in [0.15, 0.2) is 0 Å². The first-order valence-electron chi connectivity index (χ1n) is 6.44. The fourth-order valence-electron chi connectivity index (χ4n) is 2.36. The van der Waals surface area contributed by atoms with Crippen LogP contribution in [0.4, 0.5) is 11.4 Å². The molecule has 106 valence electrons. The van der Waals surface area contributed by atoms with Crippen molar-refractivity contribution in [3.63, 3.8) is 0 Å². The second-order valence-electron chi connectivity index (χ2n) is 4.74. The largest absolute Gasteiger partial charge is 0.368 e. The molecule has 1 fully saturated rings. The van der Waals surface area contributed by atoms with Crippen LogP contribution in [0.25, 0.3) is 0 Å². The molecule has 1 aliphatic heterocycles. The quantitative estimate of drug-likeness (QED) is 0.479. The highest BCUT2D eigenvalue weighted by Gasteiger charge is 2.20. The van der Waals surface area contributed by atoms with Crippen LogP contribution in [0.5, 0.6) is 0 Å². The molecule has 0 bridgehead atoms. The number of nitro groups is 1. The summed E-state index contributed by atoms with van der Waals surface area (Å²) in [5, 5.41) is 10.8. The summed E-state index contributed by atoms with van der Waals surface area (Å²) in [6, 6.07) is 5.12. The minimum atomic E-state index is -0.375. The third kappa shape index (κ3) is 2.79. The van der Waals surface area contributed by atoms with Crippen molar-refractivity contribution < 1.29 is 9.72 Å². The maximum atomic E-state index is 11.5. The van der Waals surface area contributed by atoms with Crippen LogP contribution in [0.15, 0.2) is 30.9 Å². The molecule has 1 amide bonds. The van der Waals surface area contributed by atoms with Crippen LogP contribution in [0.3, 0.4) is 0 Å². The Morgan fingerprint density at radius 1 is 1.35 bits per heavy atom. The number of nitro benzene ring substituents is 1. The van der Waals surface area contributed by atoms with Gasteiger partial charge in [-0.25, -0.2) is 0 Å². The van der Waals surface area contributed by atoms with Crippen molar-refractivity contribution in [3.8, 4) is 0 Å². The third-order valence-corrected chi connectivity index (χ3v) is 3.51. The summed E-state index contributed by atoms with van der Waals surface area (Å²) in [5.74, 6) is -0.0514. The van der Waals surface area contributed by atoms with Gasteiger partial charge in [0.05, 0.1) is 4.92 Å². The summed E-state index contributed by atoms with van der Waals surface area (Å²) in [6.45, 7) is 7.94. The molecule has 0 spiro atoms. The van der Waals surface area contributed by atoms with Gasteiger partial charge in [-0.15, -0.1) is 0 Å². The molecule has 0 aliphatic carbocycles. The summed E-state index contributed by atoms with van der Waals surface area (Å²) in [4.78, 5) is 25.8. The first-order chi connectivity index (χ1) is 9.52. The molecule has 2 rings (SSSR count). The van der Waals surface area contributed by atoms with Gasteiger partial charge in [-0.05, 0) is 25.1 Å². The van der Waals surface area contributed by atoms with E-state index in [-0.39, 0.29) is 16.5 Å². The van der Waals surface area contributed by atoms with Crippen molar-refractivity contribution in [2.75, 3.05) is 31.1 Å². The van der Waals surface area contributed by atoms with Crippen LogP contribution in [0, 0.1) is 17.0 Å². The van der Waals surface area contributed by atoms with E-state index in [1.54, 1.807) is 17.9 Å². The standard InChI is InChI=1S/C14H17N3O3/c1-3-14(18)16-8-6-15(7-9-16)12-4-5-13(17(19)20)11(2)10-12/h3-5,10H,1,6-9H2,2H3. The number of carbonyl (C=O) groups is 1. The van der Waals surface area contributed by atoms with E-state index in [4.69, 9.17) is 0 Å². The van der Waals surface area contributed by atoms with E-state index < -0.39 is 0 Å². The number of nitrogens with zero attached hydrogens (tertiary/aromatic N) is 3. The van der Waals surface area contributed by atoms with Crippen LogP contribution in [0.1, 0.15) is 5.56 Å². The average Bonchev–Trinajstić information content (AvgIpc) is 2.46. The molecule has 20 heavy (non-hydrogen) atoms. The SMILES string of the molecule is C=CC(=O)N1CCN(c2ccc([N+](=O)[O-])c(C)c2)CC1. The van der Waals surface area contributed by atoms with Gasteiger partial charge in [0, 0.05) is 43.5 Å². The number of rotatable bonds is 3. The van der Waals surface area contributed by atoms with Crippen molar-refractivity contribution in [2.45, 2.75) is 6.92 Å². The summed E-state index contributed by atoms with van der Waals surface area (Å²) >= 11 is 0. The lowest BCUT2D eigenvalue weighted by Crippen LogP contribution is -2.48. The lowest BCUT2D eigenvalue weighted by atomic mass is 10.1. The van der Waals surface area contributed by atoms with E-state index in [1.165, 1.54) is 12.1 Å². The van der Waals surface area contributed by atoms with Gasteiger partial charge < -0.3 is 9.80 Å². The first kappa shape index (κ1) is 14.0. The van der Waals surface area contributed by atoms with Crippen molar-refractivity contribution in [1.82, 2.24) is 4.90 Å². The predicted molar refractivity (Wildman–Crippen MR) is 76.8 cm³/mol. The van der Waals surface area contributed by atoms with E-state index >= 15 is 0 Å². The molecular weight excluding hydrogens is 258 g/mol. The molecule has 6 heteroatoms. The molecular formula is C14H17N3O3. The Balaban J connectivity index is 2.07. The first-order valence-corrected chi connectivity index (χ1v) is 6.44. The van der Waals surface area contributed by atoms with Crippen LogP contribution in [0.2, 0.25) is 0 Å².